The number of hydrogen-bond acceptors (Lipinski definition) is 4. The Kier molecular flexibility index (Phi) is 4.14. The van der Waals surface area contributed by atoms with Crippen molar-refractivity contribution >= 4 is 17.3 Å². The van der Waals surface area contributed by atoms with Gasteiger partial charge >= 0.3 is 0 Å². The number of rotatable bonds is 3. The first kappa shape index (κ1) is 13.3. The molecule has 1 saturated heterocycles. The Balaban J connectivity index is 1.58. The third-order valence-corrected chi connectivity index (χ3v) is 3.97. The van der Waals surface area contributed by atoms with Crippen LogP contribution in [-0.4, -0.2) is 41.0 Å². The van der Waals surface area contributed by atoms with Gasteiger partial charge in [-0.25, -0.2) is 0 Å². The van der Waals surface area contributed by atoms with Crippen LogP contribution in [0.5, 0.6) is 0 Å². The third kappa shape index (κ3) is 3.08. The minimum atomic E-state index is 0.752. The van der Waals surface area contributed by atoms with Gasteiger partial charge in [0.05, 0.1) is 16.9 Å². The Bertz CT molecular complexity index is 553. The molecule has 0 bridgehead atoms. The maximum absolute atomic E-state index is 6.16. The summed E-state index contributed by atoms with van der Waals surface area (Å²) in [5.74, 6) is 0. The van der Waals surface area contributed by atoms with Gasteiger partial charge in [0.15, 0.2) is 0 Å². The van der Waals surface area contributed by atoms with Crippen LogP contribution in [-0.2, 0) is 6.54 Å². The van der Waals surface area contributed by atoms with Gasteiger partial charge in [-0.05, 0) is 23.8 Å². The molecule has 3 heterocycles. The van der Waals surface area contributed by atoms with Crippen molar-refractivity contribution in [2.24, 2.45) is 0 Å². The lowest BCUT2D eigenvalue weighted by Gasteiger charge is -2.36. The summed E-state index contributed by atoms with van der Waals surface area (Å²) in [4.78, 5) is 13.0. The van der Waals surface area contributed by atoms with Crippen LogP contribution < -0.4 is 4.90 Å². The molecule has 1 fully saturated rings. The van der Waals surface area contributed by atoms with Crippen molar-refractivity contribution in [1.29, 1.82) is 0 Å². The predicted octanol–water partition coefficient (Wildman–Crippen LogP) is 2.45. The van der Waals surface area contributed by atoms with Crippen molar-refractivity contribution in [2.75, 3.05) is 31.1 Å². The molecule has 20 heavy (non-hydrogen) atoms. The minimum Gasteiger partial charge on any atom is -0.368 e. The van der Waals surface area contributed by atoms with Gasteiger partial charge in [-0.2, -0.15) is 0 Å². The highest BCUT2D eigenvalue weighted by Gasteiger charge is 2.17. The molecule has 0 saturated carbocycles. The first-order chi connectivity index (χ1) is 9.83. The van der Waals surface area contributed by atoms with Gasteiger partial charge in [-0.1, -0.05) is 11.6 Å². The summed E-state index contributed by atoms with van der Waals surface area (Å²) in [6.07, 6.45) is 7.25. The van der Waals surface area contributed by atoms with Gasteiger partial charge in [0, 0.05) is 51.3 Å². The second kappa shape index (κ2) is 6.20. The molecule has 0 aromatic carbocycles. The molecule has 0 spiro atoms. The zero-order valence-corrected chi connectivity index (χ0v) is 12.0. The Morgan fingerprint density at radius 1 is 1.00 bits per heavy atom. The predicted molar refractivity (Wildman–Crippen MR) is 81.0 cm³/mol. The van der Waals surface area contributed by atoms with E-state index in [-0.39, 0.29) is 0 Å². The zero-order chi connectivity index (χ0) is 13.8. The van der Waals surface area contributed by atoms with Crippen molar-refractivity contribution in [3.63, 3.8) is 0 Å². The van der Waals surface area contributed by atoms with Crippen LogP contribution in [0.3, 0.4) is 0 Å². The fourth-order valence-corrected chi connectivity index (χ4v) is 2.66. The largest absolute Gasteiger partial charge is 0.368 e. The number of hydrogen-bond donors (Lipinski definition) is 0. The van der Waals surface area contributed by atoms with E-state index in [9.17, 15) is 0 Å². The molecule has 104 valence electrons. The Morgan fingerprint density at radius 3 is 2.50 bits per heavy atom. The monoisotopic (exact) mass is 288 g/mol. The average Bonchev–Trinajstić information content (AvgIpc) is 2.51. The maximum atomic E-state index is 6.16. The van der Waals surface area contributed by atoms with E-state index in [1.54, 1.807) is 12.4 Å². The number of nitrogens with zero attached hydrogens (tertiary/aromatic N) is 4. The van der Waals surface area contributed by atoms with E-state index in [0.717, 1.165) is 43.3 Å². The molecule has 0 amide bonds. The van der Waals surface area contributed by atoms with Gasteiger partial charge in [-0.3, -0.25) is 14.9 Å². The summed E-state index contributed by atoms with van der Waals surface area (Å²) in [7, 11) is 0. The van der Waals surface area contributed by atoms with Gasteiger partial charge in [-0.15, -0.1) is 0 Å². The third-order valence-electron chi connectivity index (χ3n) is 3.63. The lowest BCUT2D eigenvalue weighted by atomic mass is 10.2. The maximum Gasteiger partial charge on any atom is 0.0634 e. The highest BCUT2D eigenvalue weighted by atomic mass is 35.5. The van der Waals surface area contributed by atoms with Crippen LogP contribution in [0.4, 0.5) is 5.69 Å². The van der Waals surface area contributed by atoms with Crippen LogP contribution in [0.2, 0.25) is 5.02 Å². The highest BCUT2D eigenvalue weighted by Crippen LogP contribution is 2.19. The molecule has 3 rings (SSSR count). The quantitative estimate of drug-likeness (QED) is 0.868. The molecule has 2 aromatic heterocycles. The normalized spacial score (nSPS) is 16.4. The van der Waals surface area contributed by atoms with E-state index in [1.807, 2.05) is 24.5 Å². The molecule has 1 aliphatic heterocycles. The summed E-state index contributed by atoms with van der Waals surface area (Å²) >= 11 is 6.16. The van der Waals surface area contributed by atoms with Crippen LogP contribution >= 0.6 is 11.6 Å². The Labute approximate surface area is 124 Å². The van der Waals surface area contributed by atoms with E-state index in [1.165, 1.54) is 5.69 Å². The number of aromatic nitrogens is 2. The van der Waals surface area contributed by atoms with E-state index in [4.69, 9.17) is 11.6 Å². The molecule has 0 atom stereocenters. The number of piperazine rings is 1. The molecule has 4 nitrogen and oxygen atoms in total. The topological polar surface area (TPSA) is 32.3 Å². The molecule has 0 N–H and O–H groups in total. The molecule has 2 aromatic rings. The second-order valence-electron chi connectivity index (χ2n) is 4.94. The van der Waals surface area contributed by atoms with Crippen LogP contribution in [0, 0.1) is 0 Å². The van der Waals surface area contributed by atoms with Crippen LogP contribution in [0.25, 0.3) is 0 Å². The summed E-state index contributed by atoms with van der Waals surface area (Å²) in [6, 6.07) is 6.09. The van der Waals surface area contributed by atoms with Gasteiger partial charge in [0.1, 0.15) is 0 Å². The second-order valence-corrected chi connectivity index (χ2v) is 5.35. The lowest BCUT2D eigenvalue weighted by molar-refractivity contribution is 0.250. The minimum absolute atomic E-state index is 0.752. The van der Waals surface area contributed by atoms with Gasteiger partial charge in [0.25, 0.3) is 0 Å². The summed E-state index contributed by atoms with van der Waals surface area (Å²) in [6.45, 7) is 5.01. The molecule has 0 unspecified atom stereocenters. The highest BCUT2D eigenvalue weighted by molar-refractivity contribution is 6.31. The smallest absolute Gasteiger partial charge is 0.0634 e. The molecule has 5 heteroatoms. The number of anilines is 1. The van der Waals surface area contributed by atoms with Crippen molar-refractivity contribution in [2.45, 2.75) is 6.54 Å². The van der Waals surface area contributed by atoms with Gasteiger partial charge in [0.2, 0.25) is 0 Å². The standard InChI is InChI=1S/C15H17ClN4/c16-15-11-18-5-3-13(15)12-19-6-8-20(9-7-19)14-2-1-4-17-10-14/h1-5,10-11H,6-9,12H2. The average molecular weight is 289 g/mol. The lowest BCUT2D eigenvalue weighted by Crippen LogP contribution is -2.46. The molecule has 0 aliphatic carbocycles. The van der Waals surface area contributed by atoms with Crippen molar-refractivity contribution in [3.8, 4) is 0 Å². The zero-order valence-electron chi connectivity index (χ0n) is 11.2. The van der Waals surface area contributed by atoms with E-state index >= 15 is 0 Å². The van der Waals surface area contributed by atoms with Crippen molar-refractivity contribution < 1.29 is 0 Å². The van der Waals surface area contributed by atoms with Gasteiger partial charge < -0.3 is 4.90 Å². The molecule has 1 aliphatic rings. The van der Waals surface area contributed by atoms with E-state index in [2.05, 4.69) is 25.8 Å². The van der Waals surface area contributed by atoms with Crippen LogP contribution in [0.15, 0.2) is 43.0 Å². The SMILES string of the molecule is Clc1cnccc1CN1CCN(c2cccnc2)CC1. The van der Waals surface area contributed by atoms with Crippen molar-refractivity contribution in [3.05, 3.63) is 53.6 Å². The molecule has 0 radical (unpaired) electrons. The van der Waals surface area contributed by atoms with Crippen LogP contribution in [0.1, 0.15) is 5.56 Å². The fraction of sp³-hybridized carbons (Fsp3) is 0.333. The molecular formula is C15H17ClN4. The van der Waals surface area contributed by atoms with E-state index < -0.39 is 0 Å². The number of halogens is 1. The Hall–Kier alpha value is -1.65. The fourth-order valence-electron chi connectivity index (χ4n) is 2.48. The summed E-state index contributed by atoms with van der Waals surface area (Å²) in [5.41, 5.74) is 2.35. The summed E-state index contributed by atoms with van der Waals surface area (Å²) < 4.78 is 0. The van der Waals surface area contributed by atoms with E-state index in [0.29, 0.717) is 0 Å². The first-order valence-corrected chi connectivity index (χ1v) is 7.16. The van der Waals surface area contributed by atoms with Crippen molar-refractivity contribution in [1.82, 2.24) is 14.9 Å². The number of pyridine rings is 2. The summed E-state index contributed by atoms with van der Waals surface area (Å²) in [5, 5.41) is 0.752. The Morgan fingerprint density at radius 2 is 1.80 bits per heavy atom. The first-order valence-electron chi connectivity index (χ1n) is 6.78. The molecular weight excluding hydrogens is 272 g/mol.